The average Bonchev–Trinajstić information content (AvgIpc) is 3.91. The first-order valence-corrected chi connectivity index (χ1v) is 23.4. The van der Waals surface area contributed by atoms with E-state index in [2.05, 4.69) is 32.2 Å². The summed E-state index contributed by atoms with van der Waals surface area (Å²) in [6.45, 7) is 7.43. The van der Waals surface area contributed by atoms with Gasteiger partial charge in [-0.1, -0.05) is 79.8 Å². The molecule has 4 heterocycles. The molecule has 0 radical (unpaired) electrons. The van der Waals surface area contributed by atoms with Gasteiger partial charge in [-0.15, -0.1) is 0 Å². The standard InChI is InChI=1S/C46H52N4O7Si/c1-30-44(58(4,5)37-19-16-35(55-2)17-20-37)41(27-43(53)48-24-10-15-34(48)29-51)57-46(30)38-26-36(56-3)18-22-40(38)49(45(46)54)28-31-11-9-14-33(25-31)50-42(52)23-21-39(47-50)32-12-7-6-8-13-32/h6-9,11-14,16-20,22,25-26,30,34,41,44,51H,10,15,21,23-24,27-29H2,1-5H3/t30-,34+,41+,44-,46+/m1/s1. The van der Waals surface area contributed by atoms with Crippen molar-refractivity contribution in [3.63, 3.8) is 0 Å². The lowest BCUT2D eigenvalue weighted by Crippen LogP contribution is -2.52. The third-order valence-corrected chi connectivity index (χ3v) is 17.3. The summed E-state index contributed by atoms with van der Waals surface area (Å²) in [6.07, 6.45) is 2.04. The smallest absolute Gasteiger partial charge is 0.264 e. The van der Waals surface area contributed by atoms with E-state index >= 15 is 4.79 Å². The van der Waals surface area contributed by atoms with E-state index < -0.39 is 19.8 Å². The van der Waals surface area contributed by atoms with Crippen LogP contribution in [0.25, 0.3) is 0 Å². The van der Waals surface area contributed by atoms with Gasteiger partial charge >= 0.3 is 0 Å². The second kappa shape index (κ2) is 15.8. The van der Waals surface area contributed by atoms with Gasteiger partial charge in [0.1, 0.15) is 11.5 Å². The number of aliphatic hydroxyl groups excluding tert-OH is 1. The highest BCUT2D eigenvalue weighted by Gasteiger charge is 2.66. The number of amides is 3. The lowest BCUT2D eigenvalue weighted by atomic mass is 9.82. The summed E-state index contributed by atoms with van der Waals surface area (Å²) < 4.78 is 18.5. The molecule has 12 heteroatoms. The van der Waals surface area contributed by atoms with Crippen LogP contribution in [0.3, 0.4) is 0 Å². The quantitative estimate of drug-likeness (QED) is 0.175. The molecule has 0 aliphatic carbocycles. The van der Waals surface area contributed by atoms with Crippen LogP contribution in [0.15, 0.2) is 102 Å². The summed E-state index contributed by atoms with van der Waals surface area (Å²) in [7, 11) is 0.740. The first kappa shape index (κ1) is 39.5. The Morgan fingerprint density at radius 1 is 0.931 bits per heavy atom. The van der Waals surface area contributed by atoms with Crippen LogP contribution in [0.5, 0.6) is 11.5 Å². The highest BCUT2D eigenvalue weighted by Crippen LogP contribution is 2.60. The summed E-state index contributed by atoms with van der Waals surface area (Å²) >= 11 is 0. The first-order valence-electron chi connectivity index (χ1n) is 20.3. The molecular weight excluding hydrogens is 749 g/mol. The molecule has 4 aliphatic rings. The lowest BCUT2D eigenvalue weighted by molar-refractivity contribution is -0.150. The van der Waals surface area contributed by atoms with Crippen LogP contribution >= 0.6 is 0 Å². The van der Waals surface area contributed by atoms with E-state index in [9.17, 15) is 14.7 Å². The number of methoxy groups -OCH3 is 2. The first-order chi connectivity index (χ1) is 28.0. The third-order valence-electron chi connectivity index (χ3n) is 13.0. The van der Waals surface area contributed by atoms with Gasteiger partial charge in [0.25, 0.3) is 5.91 Å². The Morgan fingerprint density at radius 3 is 2.40 bits per heavy atom. The minimum Gasteiger partial charge on any atom is -0.497 e. The molecule has 1 spiro atoms. The zero-order chi connectivity index (χ0) is 40.8. The van der Waals surface area contributed by atoms with Crippen LogP contribution in [0.4, 0.5) is 11.4 Å². The van der Waals surface area contributed by atoms with E-state index in [1.807, 2.05) is 84.9 Å². The number of ether oxygens (including phenoxy) is 3. The zero-order valence-corrected chi connectivity index (χ0v) is 34.9. The van der Waals surface area contributed by atoms with Crippen molar-refractivity contribution in [3.8, 4) is 11.5 Å². The molecule has 4 aromatic rings. The number of aliphatic hydroxyl groups is 1. The number of benzene rings is 4. The van der Waals surface area contributed by atoms with Gasteiger partial charge in [-0.2, -0.15) is 5.10 Å². The molecule has 5 atom stereocenters. The molecule has 58 heavy (non-hydrogen) atoms. The number of carbonyl (C=O) groups excluding carboxylic acids is 3. The van der Waals surface area contributed by atoms with Crippen molar-refractivity contribution in [1.29, 1.82) is 0 Å². The summed E-state index contributed by atoms with van der Waals surface area (Å²) in [4.78, 5) is 46.5. The van der Waals surface area contributed by atoms with Gasteiger partial charge in [-0.25, -0.2) is 5.01 Å². The van der Waals surface area contributed by atoms with Crippen molar-refractivity contribution in [3.05, 3.63) is 114 Å². The molecule has 4 aliphatic heterocycles. The van der Waals surface area contributed by atoms with E-state index in [0.29, 0.717) is 30.8 Å². The van der Waals surface area contributed by atoms with Gasteiger partial charge in [-0.3, -0.25) is 14.4 Å². The third kappa shape index (κ3) is 6.80. The van der Waals surface area contributed by atoms with E-state index in [4.69, 9.17) is 19.3 Å². The van der Waals surface area contributed by atoms with E-state index in [-0.39, 0.29) is 54.8 Å². The molecule has 4 aromatic carbocycles. The highest BCUT2D eigenvalue weighted by molar-refractivity contribution is 6.91. The van der Waals surface area contributed by atoms with Crippen molar-refractivity contribution >= 4 is 48.1 Å². The highest BCUT2D eigenvalue weighted by atomic mass is 28.3. The predicted octanol–water partition coefficient (Wildman–Crippen LogP) is 6.37. The van der Waals surface area contributed by atoms with Crippen LogP contribution in [0, 0.1) is 5.92 Å². The summed E-state index contributed by atoms with van der Waals surface area (Å²) in [5, 5.41) is 17.6. The molecule has 1 N–H and O–H groups in total. The Kier molecular flexibility index (Phi) is 10.8. The van der Waals surface area contributed by atoms with Crippen LogP contribution in [0.1, 0.15) is 55.7 Å². The van der Waals surface area contributed by atoms with Crippen LogP contribution in [-0.4, -0.2) is 81.0 Å². The Hall–Kier alpha value is -5.30. The SMILES string of the molecule is COc1ccc([Si](C)(C)[C@H]2[C@H](CC(=O)N3CCC[C@H]3CO)O[C@@]3(C(=O)N(Cc4cccc(N5N=C(c6ccccc6)CCC5=O)c4)c4ccc(OC)cc43)[C@@H]2C)cc1. The molecule has 0 bridgehead atoms. The maximum absolute atomic E-state index is 15.5. The molecule has 0 saturated carbocycles. The van der Waals surface area contributed by atoms with Crippen molar-refractivity contribution < 1.29 is 33.7 Å². The topological polar surface area (TPSA) is 121 Å². The maximum Gasteiger partial charge on any atom is 0.264 e. The van der Waals surface area contributed by atoms with E-state index in [1.54, 1.807) is 24.0 Å². The molecule has 302 valence electrons. The molecule has 0 unspecified atom stereocenters. The average molecular weight is 801 g/mol. The monoisotopic (exact) mass is 800 g/mol. The Bertz CT molecular complexity index is 2230. The number of rotatable bonds is 11. The second-order valence-electron chi connectivity index (χ2n) is 16.5. The second-order valence-corrected chi connectivity index (χ2v) is 21.2. The Balaban J connectivity index is 1.17. The van der Waals surface area contributed by atoms with Gasteiger partial charge in [0.05, 0.1) is 71.1 Å². The molecule has 2 saturated heterocycles. The molecule has 8 rings (SSSR count). The van der Waals surface area contributed by atoms with Crippen LogP contribution < -0.4 is 24.6 Å². The minimum atomic E-state index is -2.52. The summed E-state index contributed by atoms with van der Waals surface area (Å²) in [6, 6.07) is 31.2. The number of carbonyl (C=O) groups is 3. The zero-order valence-electron chi connectivity index (χ0n) is 33.9. The fraction of sp³-hybridized carbons (Fsp3) is 0.391. The Labute approximate surface area is 341 Å². The number of hydrazone groups is 1. The van der Waals surface area contributed by atoms with Crippen molar-refractivity contribution in [1.82, 2.24) is 4.90 Å². The van der Waals surface area contributed by atoms with Gasteiger partial charge in [-0.05, 0) is 72.0 Å². The van der Waals surface area contributed by atoms with Crippen molar-refractivity contribution in [2.75, 3.05) is 37.3 Å². The maximum atomic E-state index is 15.5. The van der Waals surface area contributed by atoms with Crippen molar-refractivity contribution in [2.24, 2.45) is 11.0 Å². The molecule has 11 nitrogen and oxygen atoms in total. The van der Waals surface area contributed by atoms with Crippen LogP contribution in [-0.2, 0) is 31.3 Å². The Morgan fingerprint density at radius 2 is 1.67 bits per heavy atom. The molecular formula is C46H52N4O7Si. The number of fused-ring (bicyclic) bond motifs is 2. The van der Waals surface area contributed by atoms with Gasteiger partial charge in [0.15, 0.2) is 5.60 Å². The van der Waals surface area contributed by atoms with E-state index in [1.165, 1.54) is 10.2 Å². The number of hydrogen-bond donors (Lipinski definition) is 1. The number of hydrogen-bond acceptors (Lipinski definition) is 8. The predicted molar refractivity (Wildman–Crippen MR) is 226 cm³/mol. The molecule has 3 amide bonds. The number of anilines is 2. The van der Waals surface area contributed by atoms with Gasteiger partial charge in [0, 0.05) is 30.9 Å². The van der Waals surface area contributed by atoms with E-state index in [0.717, 1.165) is 46.7 Å². The van der Waals surface area contributed by atoms with Crippen molar-refractivity contribution in [2.45, 2.75) is 82.0 Å². The number of nitrogens with zero attached hydrogens (tertiary/aromatic N) is 4. The minimum absolute atomic E-state index is 0.0642. The summed E-state index contributed by atoms with van der Waals surface area (Å²) in [5.41, 5.74) is 3.18. The largest absolute Gasteiger partial charge is 0.497 e. The molecule has 0 aromatic heterocycles. The normalized spacial score (nSPS) is 24.4. The fourth-order valence-corrected chi connectivity index (χ4v) is 14.0. The fourth-order valence-electron chi connectivity index (χ4n) is 9.98. The molecule has 2 fully saturated rings. The number of likely N-dealkylation sites (tertiary alicyclic amines) is 1. The lowest BCUT2D eigenvalue weighted by Gasteiger charge is -2.37. The van der Waals surface area contributed by atoms with Crippen LogP contribution in [0.2, 0.25) is 18.6 Å². The van der Waals surface area contributed by atoms with Gasteiger partial charge < -0.3 is 29.1 Å². The van der Waals surface area contributed by atoms with Gasteiger partial charge in [0.2, 0.25) is 11.8 Å². The summed E-state index contributed by atoms with van der Waals surface area (Å²) in [5.74, 6) is 0.690.